The van der Waals surface area contributed by atoms with Crippen molar-refractivity contribution in [2.45, 2.75) is 45.7 Å². The lowest BCUT2D eigenvalue weighted by Crippen LogP contribution is -2.31. The molecule has 110 valence electrons. The lowest BCUT2D eigenvalue weighted by molar-refractivity contribution is 0.173. The zero-order chi connectivity index (χ0) is 13.9. The average Bonchev–Trinajstić information content (AvgIpc) is 2.94. The van der Waals surface area contributed by atoms with E-state index in [1.807, 2.05) is 6.07 Å². The number of fused-ring (bicyclic) bond motifs is 1. The topological polar surface area (TPSA) is 33.7 Å². The smallest absolute Gasteiger partial charge is 0.231 e. The van der Waals surface area contributed by atoms with Crippen molar-refractivity contribution in [1.82, 2.24) is 5.32 Å². The summed E-state index contributed by atoms with van der Waals surface area (Å²) in [5.74, 6) is 1.81. The van der Waals surface area contributed by atoms with E-state index in [0.29, 0.717) is 12.8 Å². The summed E-state index contributed by atoms with van der Waals surface area (Å²) in [7, 11) is 0. The van der Waals surface area contributed by atoms with E-state index in [0.717, 1.165) is 31.1 Å². The third-order valence-electron chi connectivity index (χ3n) is 4.00. The van der Waals surface area contributed by atoms with Gasteiger partial charge in [0.1, 0.15) is 0 Å². The van der Waals surface area contributed by atoms with Crippen LogP contribution in [0.3, 0.4) is 0 Å². The number of nitrogens with one attached hydrogen (secondary N) is 1. The van der Waals surface area contributed by atoms with Gasteiger partial charge in [-0.1, -0.05) is 13.8 Å². The van der Waals surface area contributed by atoms with Gasteiger partial charge in [-0.05, 0) is 31.4 Å². The van der Waals surface area contributed by atoms with Crippen molar-refractivity contribution >= 4 is 5.69 Å². The van der Waals surface area contributed by atoms with Crippen molar-refractivity contribution < 1.29 is 9.47 Å². The van der Waals surface area contributed by atoms with Crippen molar-refractivity contribution in [3.63, 3.8) is 0 Å². The highest BCUT2D eigenvalue weighted by atomic mass is 16.7. The van der Waals surface area contributed by atoms with Gasteiger partial charge < -0.3 is 19.7 Å². The first-order valence-corrected chi connectivity index (χ1v) is 7.65. The maximum atomic E-state index is 5.70. The van der Waals surface area contributed by atoms with Gasteiger partial charge in [-0.3, -0.25) is 0 Å². The van der Waals surface area contributed by atoms with Gasteiger partial charge in [0.05, 0.1) is 0 Å². The molecule has 2 aliphatic rings. The van der Waals surface area contributed by atoms with Crippen LogP contribution in [-0.2, 0) is 6.54 Å². The van der Waals surface area contributed by atoms with Crippen LogP contribution < -0.4 is 19.7 Å². The Morgan fingerprint density at radius 3 is 2.70 bits per heavy atom. The van der Waals surface area contributed by atoms with E-state index in [4.69, 9.17) is 9.47 Å². The Morgan fingerprint density at radius 1 is 1.15 bits per heavy atom. The van der Waals surface area contributed by atoms with Gasteiger partial charge in [0.2, 0.25) is 6.79 Å². The van der Waals surface area contributed by atoms with Gasteiger partial charge >= 0.3 is 0 Å². The lowest BCUT2D eigenvalue weighted by Gasteiger charge is -2.31. The van der Waals surface area contributed by atoms with Gasteiger partial charge in [-0.2, -0.15) is 0 Å². The predicted octanol–water partition coefficient (Wildman–Crippen LogP) is 2.90. The molecule has 0 aliphatic carbocycles. The summed E-state index contributed by atoms with van der Waals surface area (Å²) in [5, 5.41) is 3.51. The molecule has 0 radical (unpaired) electrons. The first-order chi connectivity index (χ1) is 9.75. The highest BCUT2D eigenvalue weighted by Gasteiger charge is 2.24. The number of hydrogen-bond donors (Lipinski definition) is 1. The molecule has 1 saturated heterocycles. The molecule has 0 bridgehead atoms. The third-order valence-corrected chi connectivity index (χ3v) is 4.00. The van der Waals surface area contributed by atoms with Gasteiger partial charge in [0, 0.05) is 36.9 Å². The first kappa shape index (κ1) is 13.6. The molecule has 4 nitrogen and oxygen atoms in total. The van der Waals surface area contributed by atoms with Crippen LogP contribution in [0.15, 0.2) is 12.1 Å². The van der Waals surface area contributed by atoms with E-state index in [1.165, 1.54) is 30.5 Å². The van der Waals surface area contributed by atoms with Gasteiger partial charge in [-0.15, -0.1) is 0 Å². The number of hydrogen-bond acceptors (Lipinski definition) is 4. The second-order valence-electron chi connectivity index (χ2n) is 5.88. The van der Waals surface area contributed by atoms with E-state index >= 15 is 0 Å². The number of anilines is 1. The Morgan fingerprint density at radius 2 is 1.95 bits per heavy atom. The van der Waals surface area contributed by atoms with Crippen molar-refractivity contribution in [3.8, 4) is 11.5 Å². The van der Waals surface area contributed by atoms with Crippen LogP contribution in [0.4, 0.5) is 5.69 Å². The fourth-order valence-corrected chi connectivity index (χ4v) is 2.93. The minimum atomic E-state index is 0.341. The molecule has 0 atom stereocenters. The average molecular weight is 276 g/mol. The molecule has 1 aromatic carbocycles. The Bertz CT molecular complexity index is 468. The van der Waals surface area contributed by atoms with Crippen molar-refractivity contribution in [2.75, 3.05) is 24.8 Å². The van der Waals surface area contributed by atoms with Gasteiger partial charge in [-0.25, -0.2) is 0 Å². The molecule has 1 fully saturated rings. The zero-order valence-electron chi connectivity index (χ0n) is 12.4. The molecule has 3 rings (SSSR count). The molecule has 2 aliphatic heterocycles. The summed E-state index contributed by atoms with van der Waals surface area (Å²) >= 11 is 0. The standard InChI is InChI=1S/C16H24N2O2/c1-12(2)17-10-13-14(18-8-4-3-5-9-18)6-7-15-16(13)20-11-19-15/h6-7,12,17H,3-5,8-11H2,1-2H3. The fourth-order valence-electron chi connectivity index (χ4n) is 2.93. The lowest BCUT2D eigenvalue weighted by atomic mass is 10.1. The van der Waals surface area contributed by atoms with Crippen LogP contribution in [0, 0.1) is 0 Å². The number of nitrogens with zero attached hydrogens (tertiary/aromatic N) is 1. The summed E-state index contributed by atoms with van der Waals surface area (Å²) in [6.07, 6.45) is 3.91. The Balaban J connectivity index is 1.91. The molecule has 0 spiro atoms. The van der Waals surface area contributed by atoms with E-state index in [2.05, 4.69) is 30.1 Å². The largest absolute Gasteiger partial charge is 0.454 e. The molecule has 0 aromatic heterocycles. The molecule has 20 heavy (non-hydrogen) atoms. The minimum Gasteiger partial charge on any atom is -0.454 e. The maximum absolute atomic E-state index is 5.70. The molecule has 0 unspecified atom stereocenters. The van der Waals surface area contributed by atoms with Crippen LogP contribution >= 0.6 is 0 Å². The van der Waals surface area contributed by atoms with E-state index in [1.54, 1.807) is 0 Å². The summed E-state index contributed by atoms with van der Waals surface area (Å²) in [5.41, 5.74) is 2.55. The Labute approximate surface area is 121 Å². The molecule has 4 heteroatoms. The molecule has 0 saturated carbocycles. The van der Waals surface area contributed by atoms with Crippen LogP contribution in [0.5, 0.6) is 11.5 Å². The molecular weight excluding hydrogens is 252 g/mol. The van der Waals surface area contributed by atoms with Crippen molar-refractivity contribution in [1.29, 1.82) is 0 Å². The number of ether oxygens (including phenoxy) is 2. The summed E-state index contributed by atoms with van der Waals surface area (Å²) in [6, 6.07) is 4.70. The van der Waals surface area contributed by atoms with E-state index in [-0.39, 0.29) is 0 Å². The van der Waals surface area contributed by atoms with Gasteiger partial charge in [0.15, 0.2) is 11.5 Å². The van der Waals surface area contributed by atoms with Crippen LogP contribution in [0.25, 0.3) is 0 Å². The maximum Gasteiger partial charge on any atom is 0.231 e. The molecule has 2 heterocycles. The van der Waals surface area contributed by atoms with E-state index in [9.17, 15) is 0 Å². The zero-order valence-corrected chi connectivity index (χ0v) is 12.4. The highest BCUT2D eigenvalue weighted by Crippen LogP contribution is 2.41. The van der Waals surface area contributed by atoms with E-state index < -0.39 is 0 Å². The monoisotopic (exact) mass is 276 g/mol. The van der Waals surface area contributed by atoms with Crippen LogP contribution in [0.1, 0.15) is 38.7 Å². The number of rotatable bonds is 4. The van der Waals surface area contributed by atoms with Crippen molar-refractivity contribution in [2.24, 2.45) is 0 Å². The van der Waals surface area contributed by atoms with Crippen LogP contribution in [0.2, 0.25) is 0 Å². The molecule has 1 N–H and O–H groups in total. The molecule has 1 aromatic rings. The molecular formula is C16H24N2O2. The molecule has 0 amide bonds. The number of piperidine rings is 1. The second kappa shape index (κ2) is 5.92. The normalized spacial score (nSPS) is 17.9. The summed E-state index contributed by atoms with van der Waals surface area (Å²) in [4.78, 5) is 2.49. The quantitative estimate of drug-likeness (QED) is 0.917. The van der Waals surface area contributed by atoms with Crippen molar-refractivity contribution in [3.05, 3.63) is 17.7 Å². The first-order valence-electron chi connectivity index (χ1n) is 7.65. The number of benzene rings is 1. The highest BCUT2D eigenvalue weighted by molar-refractivity contribution is 5.65. The summed E-state index contributed by atoms with van der Waals surface area (Å²) < 4.78 is 11.2. The Hall–Kier alpha value is -1.42. The van der Waals surface area contributed by atoms with Crippen LogP contribution in [-0.4, -0.2) is 25.9 Å². The SMILES string of the molecule is CC(C)NCc1c(N2CCCCC2)ccc2c1OCO2. The summed E-state index contributed by atoms with van der Waals surface area (Å²) in [6.45, 7) is 7.80. The minimum absolute atomic E-state index is 0.341. The Kier molecular flexibility index (Phi) is 4.01. The van der Waals surface area contributed by atoms with Gasteiger partial charge in [0.25, 0.3) is 0 Å². The third kappa shape index (κ3) is 2.70. The predicted molar refractivity (Wildman–Crippen MR) is 80.6 cm³/mol. The second-order valence-corrected chi connectivity index (χ2v) is 5.88. The fraction of sp³-hybridized carbons (Fsp3) is 0.625.